The van der Waals surface area contributed by atoms with Gasteiger partial charge < -0.3 is 4.74 Å². The van der Waals surface area contributed by atoms with Crippen LogP contribution >= 0.6 is 11.6 Å². The van der Waals surface area contributed by atoms with Gasteiger partial charge in [0.05, 0.1) is 10.8 Å². The van der Waals surface area contributed by atoms with Gasteiger partial charge in [-0.3, -0.25) is 5.32 Å². The predicted octanol–water partition coefficient (Wildman–Crippen LogP) is 4.70. The molecule has 1 amide bonds. The highest BCUT2D eigenvalue weighted by molar-refractivity contribution is 7.88. The van der Waals surface area contributed by atoms with Crippen molar-refractivity contribution in [3.8, 4) is 0 Å². The maximum absolute atomic E-state index is 13.5. The van der Waals surface area contributed by atoms with E-state index in [0.29, 0.717) is 15.9 Å². The number of rotatable bonds is 6. The summed E-state index contributed by atoms with van der Waals surface area (Å²) < 4.78 is 44.2. The molecule has 0 heterocycles. The number of aryl methyl sites for hydroxylation is 1. The normalized spacial score (nSPS) is 13.2. The summed E-state index contributed by atoms with van der Waals surface area (Å²) in [5, 5.41) is -1.35. The van der Waals surface area contributed by atoms with Gasteiger partial charge in [0.25, 0.3) is 0 Å². The average Bonchev–Trinajstić information content (AvgIpc) is 2.60. The number of carbonyl (C=O) groups excluding carboxylic acids is 1. The van der Waals surface area contributed by atoms with Gasteiger partial charge in [0.2, 0.25) is 0 Å². The Kier molecular flexibility index (Phi) is 6.88. The third-order valence-electron chi connectivity index (χ3n) is 3.23. The quantitative estimate of drug-likeness (QED) is 0.716. The molecule has 26 heavy (non-hydrogen) atoms. The number of hydrogen-bond acceptors (Lipinski definition) is 3. The Hall–Kier alpha value is -2.25. The van der Waals surface area contributed by atoms with Crippen LogP contribution in [0.15, 0.2) is 70.6 Å². The van der Waals surface area contributed by atoms with Crippen molar-refractivity contribution >= 4 is 28.5 Å². The minimum atomic E-state index is -3.91. The van der Waals surface area contributed by atoms with Crippen LogP contribution in [-0.2, 0) is 22.1 Å². The Labute approximate surface area is 157 Å². The van der Waals surface area contributed by atoms with E-state index in [9.17, 15) is 17.8 Å². The van der Waals surface area contributed by atoms with Crippen LogP contribution in [0.5, 0.6) is 0 Å². The van der Waals surface area contributed by atoms with E-state index < -0.39 is 28.0 Å². The summed E-state index contributed by atoms with van der Waals surface area (Å²) in [5.41, 5.74) is 0.616. The van der Waals surface area contributed by atoms with Crippen LogP contribution in [-0.4, -0.2) is 15.7 Å². The average molecular weight is 400 g/mol. The van der Waals surface area contributed by atoms with Crippen LogP contribution in [0.4, 0.5) is 13.6 Å². The van der Waals surface area contributed by atoms with Gasteiger partial charge in [0.1, 0.15) is 12.3 Å². The van der Waals surface area contributed by atoms with Crippen molar-refractivity contribution in [2.45, 2.75) is 23.8 Å². The van der Waals surface area contributed by atoms with Crippen molar-refractivity contribution in [1.82, 2.24) is 5.32 Å². The Morgan fingerprint density at radius 1 is 1.19 bits per heavy atom. The third kappa shape index (κ3) is 6.24. The molecule has 0 aliphatic heterocycles. The fourth-order valence-corrected chi connectivity index (χ4v) is 3.01. The summed E-state index contributed by atoms with van der Waals surface area (Å²) in [7, 11) is -1.92. The number of allylic oxidation sites excluding steroid dienone is 1. The van der Waals surface area contributed by atoms with Gasteiger partial charge in [-0.2, -0.15) is 8.78 Å². The van der Waals surface area contributed by atoms with E-state index in [1.165, 1.54) is 0 Å². The largest absolute Gasteiger partial charge is 0.444 e. The smallest absolute Gasteiger partial charge is 0.411 e. The molecule has 0 spiro atoms. The van der Waals surface area contributed by atoms with Gasteiger partial charge >= 0.3 is 11.5 Å². The number of carbonyl (C=O) groups is 1. The zero-order chi connectivity index (χ0) is 19.2. The molecule has 0 aliphatic rings. The molecule has 4 nitrogen and oxygen atoms in total. The van der Waals surface area contributed by atoms with Crippen molar-refractivity contribution in [2.24, 2.45) is 0 Å². The van der Waals surface area contributed by atoms with Crippen LogP contribution in [0.25, 0.3) is 0 Å². The number of nitrogens with one attached hydrogen (secondary N) is 1. The van der Waals surface area contributed by atoms with Gasteiger partial charge in [0.15, 0.2) is 0 Å². The molecular formula is C18H16ClF2NO3S. The second-order valence-corrected chi connectivity index (χ2v) is 7.10. The predicted molar refractivity (Wildman–Crippen MR) is 96.2 cm³/mol. The first-order valence-corrected chi connectivity index (χ1v) is 9.09. The molecule has 0 aromatic heterocycles. The molecule has 2 aromatic carbocycles. The maximum Gasteiger partial charge on any atom is 0.411 e. The first-order chi connectivity index (χ1) is 12.3. The van der Waals surface area contributed by atoms with E-state index in [1.807, 2.05) is 12.2 Å². The van der Waals surface area contributed by atoms with Crippen molar-refractivity contribution in [2.75, 3.05) is 0 Å². The highest BCUT2D eigenvalue weighted by atomic mass is 35.5. The number of hydrogen-bond donors (Lipinski definition) is 1. The first-order valence-electron chi connectivity index (χ1n) is 7.49. The molecule has 0 saturated carbocycles. The summed E-state index contributed by atoms with van der Waals surface area (Å²) >= 11 is 5.01. The molecule has 8 heteroatoms. The van der Waals surface area contributed by atoms with E-state index in [1.54, 1.807) is 54.6 Å². The van der Waals surface area contributed by atoms with Crippen LogP contribution in [0.3, 0.4) is 0 Å². The van der Waals surface area contributed by atoms with E-state index in [0.717, 1.165) is 5.56 Å². The second-order valence-electron chi connectivity index (χ2n) is 5.33. The van der Waals surface area contributed by atoms with Crippen LogP contribution in [0.1, 0.15) is 11.1 Å². The van der Waals surface area contributed by atoms with Gasteiger partial charge in [-0.05, 0) is 36.2 Å². The minimum absolute atomic E-state index is 0.102. The zero-order valence-electron chi connectivity index (χ0n) is 13.7. The summed E-state index contributed by atoms with van der Waals surface area (Å²) in [6.07, 6.45) is -1.12. The molecule has 2 aromatic rings. The molecule has 0 saturated heterocycles. The number of halogens is 3. The molecule has 2 rings (SSSR count). The van der Waals surface area contributed by atoms with Gasteiger partial charge in [0, 0.05) is 10.3 Å². The van der Waals surface area contributed by atoms with Crippen molar-refractivity contribution < 1.29 is 22.5 Å². The van der Waals surface area contributed by atoms with Gasteiger partial charge in [-0.25, -0.2) is 9.00 Å². The molecule has 1 unspecified atom stereocenters. The van der Waals surface area contributed by atoms with Crippen LogP contribution in [0.2, 0.25) is 0 Å². The monoisotopic (exact) mass is 399 g/mol. The standard InChI is InChI=1S/C18H16ClF2NO3S/c1-13-7-9-15(10-8-13)26(24)12-16(18(19,20)21)22-17(23)25-11-14-5-3-2-4-6-14/h2-10,12H,11H2,1H3,(H,22,23)/b16-12-. The van der Waals surface area contributed by atoms with Crippen LogP contribution < -0.4 is 5.32 Å². The summed E-state index contributed by atoms with van der Waals surface area (Å²) in [5.74, 6) is 0. The number of ether oxygens (including phenoxy) is 1. The summed E-state index contributed by atoms with van der Waals surface area (Å²) in [4.78, 5) is 12.1. The lowest BCUT2D eigenvalue weighted by molar-refractivity contribution is 0.113. The summed E-state index contributed by atoms with van der Waals surface area (Å²) in [6.45, 7) is 1.74. The number of alkyl halides is 3. The van der Waals surface area contributed by atoms with Crippen LogP contribution in [0, 0.1) is 6.92 Å². The molecular weight excluding hydrogens is 384 g/mol. The Balaban J connectivity index is 2.08. The SMILES string of the molecule is Cc1ccc(S(=O)/C=C(\NC(=O)OCc2ccccc2)C(F)(F)Cl)cc1. The Morgan fingerprint density at radius 2 is 1.81 bits per heavy atom. The lowest BCUT2D eigenvalue weighted by atomic mass is 10.2. The molecule has 0 bridgehead atoms. The molecule has 1 N–H and O–H groups in total. The van der Waals surface area contributed by atoms with E-state index in [2.05, 4.69) is 0 Å². The second kappa shape index (κ2) is 8.91. The Morgan fingerprint density at radius 3 is 2.38 bits per heavy atom. The Bertz CT molecular complexity index is 805. The number of benzene rings is 2. The van der Waals surface area contributed by atoms with Crippen molar-refractivity contribution in [3.63, 3.8) is 0 Å². The van der Waals surface area contributed by atoms with E-state index in [-0.39, 0.29) is 6.61 Å². The summed E-state index contributed by atoms with van der Waals surface area (Å²) in [6, 6.07) is 15.2. The topological polar surface area (TPSA) is 55.4 Å². The van der Waals surface area contributed by atoms with E-state index >= 15 is 0 Å². The fourth-order valence-electron chi connectivity index (χ4n) is 1.88. The molecule has 0 radical (unpaired) electrons. The molecule has 138 valence electrons. The molecule has 1 atom stereocenters. The fraction of sp³-hybridized carbons (Fsp3) is 0.167. The van der Waals surface area contributed by atoms with Gasteiger partial charge in [-0.1, -0.05) is 48.0 Å². The molecule has 0 fully saturated rings. The number of alkyl carbamates (subject to hydrolysis) is 1. The van der Waals surface area contributed by atoms with Gasteiger partial charge in [-0.15, -0.1) is 0 Å². The third-order valence-corrected chi connectivity index (χ3v) is 4.62. The lowest BCUT2D eigenvalue weighted by Crippen LogP contribution is -2.31. The minimum Gasteiger partial charge on any atom is -0.444 e. The lowest BCUT2D eigenvalue weighted by Gasteiger charge is -2.14. The maximum atomic E-state index is 13.5. The highest BCUT2D eigenvalue weighted by Gasteiger charge is 2.33. The van der Waals surface area contributed by atoms with Crippen molar-refractivity contribution in [1.29, 1.82) is 0 Å². The number of amides is 1. The van der Waals surface area contributed by atoms with E-state index in [4.69, 9.17) is 16.3 Å². The zero-order valence-corrected chi connectivity index (χ0v) is 15.3. The van der Waals surface area contributed by atoms with Crippen molar-refractivity contribution in [3.05, 3.63) is 76.8 Å². The first kappa shape index (κ1) is 20.1. The highest BCUT2D eigenvalue weighted by Crippen LogP contribution is 2.28. The molecule has 0 aliphatic carbocycles.